The lowest BCUT2D eigenvalue weighted by Crippen LogP contribution is -2.47. The topological polar surface area (TPSA) is 108 Å². The second kappa shape index (κ2) is 12.2. The first kappa shape index (κ1) is 27.3. The summed E-state index contributed by atoms with van der Waals surface area (Å²) in [5.74, 6) is -0.0315. The highest BCUT2D eigenvalue weighted by molar-refractivity contribution is 7.89. The van der Waals surface area contributed by atoms with Gasteiger partial charge < -0.3 is 19.9 Å². The van der Waals surface area contributed by atoms with Crippen molar-refractivity contribution in [3.05, 3.63) is 90.0 Å². The molecule has 9 nitrogen and oxygen atoms in total. The van der Waals surface area contributed by atoms with E-state index in [1.165, 1.54) is 24.3 Å². The van der Waals surface area contributed by atoms with E-state index in [0.717, 1.165) is 18.7 Å². The van der Waals surface area contributed by atoms with Gasteiger partial charge in [-0.1, -0.05) is 30.3 Å². The van der Waals surface area contributed by atoms with E-state index in [-0.39, 0.29) is 29.4 Å². The fourth-order valence-corrected chi connectivity index (χ4v) is 5.29. The number of hydrogen-bond acceptors (Lipinski definition) is 6. The minimum Gasteiger partial charge on any atom is -0.484 e. The second-order valence-corrected chi connectivity index (χ2v) is 10.9. The van der Waals surface area contributed by atoms with E-state index in [4.69, 9.17) is 4.74 Å². The van der Waals surface area contributed by atoms with Crippen molar-refractivity contribution in [3.8, 4) is 5.75 Å². The van der Waals surface area contributed by atoms with E-state index >= 15 is 0 Å². The molecule has 0 aromatic heterocycles. The summed E-state index contributed by atoms with van der Waals surface area (Å²) in [6.45, 7) is 4.62. The van der Waals surface area contributed by atoms with Gasteiger partial charge in [-0.3, -0.25) is 9.59 Å². The number of nitrogens with one attached hydrogen (secondary N) is 2. The summed E-state index contributed by atoms with van der Waals surface area (Å²) in [5, 5.41) is 2.74. The summed E-state index contributed by atoms with van der Waals surface area (Å²) in [7, 11) is -1.69. The summed E-state index contributed by atoms with van der Waals surface area (Å²) in [6.07, 6.45) is 0. The van der Waals surface area contributed by atoms with Gasteiger partial charge in [0.1, 0.15) is 5.75 Å². The summed E-state index contributed by atoms with van der Waals surface area (Å²) in [5.41, 5.74) is 1.98. The van der Waals surface area contributed by atoms with Crippen LogP contribution in [-0.4, -0.2) is 69.9 Å². The lowest BCUT2D eigenvalue weighted by molar-refractivity contribution is -0.118. The SMILES string of the molecule is C[C@H](NS(=O)(=O)c1ccc(OCC(=O)Nc2ccc(C(=O)N3CCN(C)CC3)cc2)cc1)c1ccccc1. The number of likely N-dealkylation sites (N-methyl/N-ethyl adjacent to an activating group) is 1. The van der Waals surface area contributed by atoms with Crippen LogP contribution >= 0.6 is 0 Å². The molecule has 1 saturated heterocycles. The fraction of sp³-hybridized carbons (Fsp3) is 0.286. The highest BCUT2D eigenvalue weighted by Gasteiger charge is 2.21. The Labute approximate surface area is 223 Å². The van der Waals surface area contributed by atoms with Gasteiger partial charge in [-0.15, -0.1) is 0 Å². The predicted molar refractivity (Wildman–Crippen MR) is 146 cm³/mol. The number of piperazine rings is 1. The van der Waals surface area contributed by atoms with Crippen LogP contribution in [0.3, 0.4) is 0 Å². The largest absolute Gasteiger partial charge is 0.484 e. The molecule has 1 heterocycles. The minimum atomic E-state index is -3.73. The third-order valence-electron chi connectivity index (χ3n) is 6.34. The van der Waals surface area contributed by atoms with Gasteiger partial charge in [0.2, 0.25) is 10.0 Å². The molecule has 10 heteroatoms. The Balaban J connectivity index is 1.26. The highest BCUT2D eigenvalue weighted by Crippen LogP contribution is 2.20. The Morgan fingerprint density at radius 1 is 0.895 bits per heavy atom. The molecule has 1 atom stereocenters. The zero-order chi connectivity index (χ0) is 27.1. The Bertz CT molecular complexity index is 1340. The third-order valence-corrected chi connectivity index (χ3v) is 7.90. The average molecular weight is 537 g/mol. The van der Waals surface area contributed by atoms with Gasteiger partial charge in [0.25, 0.3) is 11.8 Å². The smallest absolute Gasteiger partial charge is 0.262 e. The molecule has 0 aliphatic carbocycles. The van der Waals surface area contributed by atoms with Gasteiger partial charge >= 0.3 is 0 Å². The Hall–Kier alpha value is -3.73. The van der Waals surface area contributed by atoms with E-state index in [1.807, 2.05) is 42.3 Å². The molecule has 0 bridgehead atoms. The molecule has 1 fully saturated rings. The molecular formula is C28H32N4O5S. The number of carbonyl (C=O) groups is 2. The number of anilines is 1. The molecule has 2 N–H and O–H groups in total. The van der Waals surface area contributed by atoms with Crippen LogP contribution < -0.4 is 14.8 Å². The number of sulfonamides is 1. The van der Waals surface area contributed by atoms with Gasteiger partial charge in [-0.25, -0.2) is 13.1 Å². The van der Waals surface area contributed by atoms with Gasteiger partial charge in [-0.2, -0.15) is 0 Å². The van der Waals surface area contributed by atoms with Gasteiger partial charge in [-0.05, 0) is 68.1 Å². The quantitative estimate of drug-likeness (QED) is 0.435. The number of amides is 2. The van der Waals surface area contributed by atoms with Crippen LogP contribution in [0.4, 0.5) is 5.69 Å². The van der Waals surface area contributed by atoms with Crippen molar-refractivity contribution in [1.29, 1.82) is 0 Å². The molecule has 0 saturated carbocycles. The Morgan fingerprint density at radius 3 is 2.16 bits per heavy atom. The highest BCUT2D eigenvalue weighted by atomic mass is 32.2. The van der Waals surface area contributed by atoms with E-state index in [1.54, 1.807) is 31.2 Å². The van der Waals surface area contributed by atoms with Crippen molar-refractivity contribution in [2.75, 3.05) is 45.2 Å². The first-order valence-corrected chi connectivity index (χ1v) is 13.9. The van der Waals surface area contributed by atoms with E-state index in [0.29, 0.717) is 30.1 Å². The molecule has 3 aromatic carbocycles. The second-order valence-electron chi connectivity index (χ2n) is 9.23. The van der Waals surface area contributed by atoms with Crippen LogP contribution in [-0.2, 0) is 14.8 Å². The lowest BCUT2D eigenvalue weighted by Gasteiger charge is -2.32. The van der Waals surface area contributed by atoms with Gasteiger partial charge in [0.15, 0.2) is 6.61 Å². The van der Waals surface area contributed by atoms with Crippen molar-refractivity contribution < 1.29 is 22.7 Å². The van der Waals surface area contributed by atoms with Gasteiger partial charge in [0, 0.05) is 43.5 Å². The van der Waals surface area contributed by atoms with E-state index in [2.05, 4.69) is 14.9 Å². The maximum absolute atomic E-state index is 12.7. The molecule has 4 rings (SSSR count). The number of benzene rings is 3. The fourth-order valence-electron chi connectivity index (χ4n) is 4.06. The van der Waals surface area contributed by atoms with Crippen LogP contribution in [0, 0.1) is 0 Å². The van der Waals surface area contributed by atoms with Crippen LogP contribution in [0.2, 0.25) is 0 Å². The molecule has 1 aliphatic heterocycles. The monoisotopic (exact) mass is 536 g/mol. The maximum atomic E-state index is 12.7. The predicted octanol–water partition coefficient (Wildman–Crippen LogP) is 3.13. The van der Waals surface area contributed by atoms with E-state index < -0.39 is 10.0 Å². The van der Waals surface area contributed by atoms with E-state index in [9.17, 15) is 18.0 Å². The summed E-state index contributed by atoms with van der Waals surface area (Å²) < 4.78 is 33.6. The first-order chi connectivity index (χ1) is 18.2. The van der Waals surface area contributed by atoms with Crippen LogP contribution in [0.1, 0.15) is 28.9 Å². The number of rotatable bonds is 9. The van der Waals surface area contributed by atoms with Crippen molar-refractivity contribution in [3.63, 3.8) is 0 Å². The van der Waals surface area contributed by atoms with Crippen LogP contribution in [0.25, 0.3) is 0 Å². The molecule has 2 amide bonds. The molecule has 200 valence electrons. The van der Waals surface area contributed by atoms with Crippen LogP contribution in [0.5, 0.6) is 5.75 Å². The molecule has 0 unspecified atom stereocenters. The zero-order valence-corrected chi connectivity index (χ0v) is 22.3. The van der Waals surface area contributed by atoms with Crippen molar-refractivity contribution >= 4 is 27.5 Å². The molecule has 0 spiro atoms. The molecule has 0 radical (unpaired) electrons. The maximum Gasteiger partial charge on any atom is 0.262 e. The molecule has 38 heavy (non-hydrogen) atoms. The summed E-state index contributed by atoms with van der Waals surface area (Å²) in [6, 6.07) is 21.6. The number of hydrogen-bond donors (Lipinski definition) is 2. The normalized spacial score (nSPS) is 15.1. The van der Waals surface area contributed by atoms with Crippen molar-refractivity contribution in [2.24, 2.45) is 0 Å². The number of nitrogens with zero attached hydrogens (tertiary/aromatic N) is 2. The summed E-state index contributed by atoms with van der Waals surface area (Å²) in [4.78, 5) is 29.1. The number of carbonyl (C=O) groups excluding carboxylic acids is 2. The lowest BCUT2D eigenvalue weighted by atomic mass is 10.1. The minimum absolute atomic E-state index is 0.0190. The first-order valence-electron chi connectivity index (χ1n) is 12.4. The molecule has 1 aliphatic rings. The van der Waals surface area contributed by atoms with Crippen LogP contribution in [0.15, 0.2) is 83.8 Å². The number of ether oxygens (including phenoxy) is 1. The average Bonchev–Trinajstić information content (AvgIpc) is 2.93. The summed E-state index contributed by atoms with van der Waals surface area (Å²) >= 11 is 0. The molecule has 3 aromatic rings. The van der Waals surface area contributed by atoms with Crippen molar-refractivity contribution in [1.82, 2.24) is 14.5 Å². The third kappa shape index (κ3) is 7.18. The van der Waals surface area contributed by atoms with Crippen molar-refractivity contribution in [2.45, 2.75) is 17.9 Å². The Kier molecular flexibility index (Phi) is 8.77. The zero-order valence-electron chi connectivity index (χ0n) is 21.5. The van der Waals surface area contributed by atoms with Gasteiger partial charge in [0.05, 0.1) is 4.90 Å². The molecular weight excluding hydrogens is 504 g/mol. The Morgan fingerprint density at radius 2 is 1.53 bits per heavy atom. The standard InChI is InChI=1S/C28H32N4O5S/c1-21(22-6-4-3-5-7-22)30-38(35,36)26-14-12-25(13-15-26)37-20-27(33)29-24-10-8-23(9-11-24)28(34)32-18-16-31(2)17-19-32/h3-15,21,30H,16-20H2,1-2H3,(H,29,33)/t21-/m0/s1.